The highest BCUT2D eigenvalue weighted by atomic mass is 19.4. The number of carbonyl (C=O) groups excluding carboxylic acids is 5. The minimum absolute atomic E-state index is 0.0410. The zero-order valence-corrected chi connectivity index (χ0v) is 20.6. The first-order valence-electron chi connectivity index (χ1n) is 12.4. The van der Waals surface area contributed by atoms with Crippen LogP contribution in [0.3, 0.4) is 0 Å². The van der Waals surface area contributed by atoms with Gasteiger partial charge in [0, 0.05) is 38.3 Å². The summed E-state index contributed by atoms with van der Waals surface area (Å²) < 4.78 is 42.8. The summed E-state index contributed by atoms with van der Waals surface area (Å²) in [7, 11) is 1.63. The normalized spacial score (nSPS) is 25.6. The van der Waals surface area contributed by atoms with Crippen molar-refractivity contribution in [1.29, 1.82) is 0 Å². The van der Waals surface area contributed by atoms with Gasteiger partial charge in [0.05, 0.1) is 6.04 Å². The molecule has 3 fully saturated rings. The van der Waals surface area contributed by atoms with Crippen molar-refractivity contribution in [2.45, 2.75) is 50.6 Å². The van der Waals surface area contributed by atoms with Crippen LogP contribution in [0.4, 0.5) is 19.0 Å². The fourth-order valence-corrected chi connectivity index (χ4v) is 5.57. The number of rotatable bonds is 8. The molecular formula is C23H29F3N6O6. The second-order valence-corrected chi connectivity index (χ2v) is 9.86. The number of amides is 4. The fourth-order valence-electron chi connectivity index (χ4n) is 5.57. The lowest BCUT2D eigenvalue weighted by atomic mass is 9.92. The molecule has 12 nitrogen and oxygen atoms in total. The number of ether oxygens (including phenoxy) is 1. The Balaban J connectivity index is 1.50. The molecule has 1 aromatic heterocycles. The number of alkyl halides is 3. The molecule has 5 unspecified atom stereocenters. The van der Waals surface area contributed by atoms with Gasteiger partial charge in [-0.05, 0) is 37.5 Å². The van der Waals surface area contributed by atoms with Gasteiger partial charge < -0.3 is 20.9 Å². The number of halogens is 3. The number of nitrogens with one attached hydrogen (secondary N) is 3. The predicted molar refractivity (Wildman–Crippen MR) is 123 cm³/mol. The van der Waals surface area contributed by atoms with Gasteiger partial charge in [0.25, 0.3) is 0 Å². The van der Waals surface area contributed by atoms with E-state index in [0.29, 0.717) is 19.4 Å². The summed E-state index contributed by atoms with van der Waals surface area (Å²) in [5.41, 5.74) is 0. The number of hydrogen-bond donors (Lipinski definition) is 3. The number of carbonyl (C=O) groups is 5. The molecule has 3 aliphatic rings. The fraction of sp³-hybridized carbons (Fsp3) is 0.652. The van der Waals surface area contributed by atoms with Gasteiger partial charge >= 0.3 is 18.2 Å². The van der Waals surface area contributed by atoms with Crippen LogP contribution < -0.4 is 16.0 Å². The van der Waals surface area contributed by atoms with Gasteiger partial charge in [-0.1, -0.05) is 6.42 Å². The van der Waals surface area contributed by atoms with E-state index in [1.54, 1.807) is 13.2 Å². The number of aromatic nitrogens is 2. The minimum atomic E-state index is -5.05. The number of hydrogen-bond acceptors (Lipinski definition) is 7. The van der Waals surface area contributed by atoms with Crippen LogP contribution >= 0.6 is 0 Å². The van der Waals surface area contributed by atoms with Crippen molar-refractivity contribution >= 4 is 35.2 Å². The van der Waals surface area contributed by atoms with Gasteiger partial charge in [0.2, 0.25) is 11.8 Å². The van der Waals surface area contributed by atoms with Crippen molar-refractivity contribution in [1.82, 2.24) is 25.3 Å². The molecule has 5 atom stereocenters. The average Bonchev–Trinajstić information content (AvgIpc) is 3.62. The van der Waals surface area contributed by atoms with Gasteiger partial charge in [-0.15, -0.1) is 13.2 Å². The SMILES string of the molecule is Cn1ccc(NC(=O)C(=O)N2CC3CCCC3C2C(=O)NC(CC2CCNC2=O)C(=O)COC(F)(F)F)n1. The maximum absolute atomic E-state index is 13.5. The molecule has 0 spiro atoms. The molecule has 208 valence electrons. The quantitative estimate of drug-likeness (QED) is 0.394. The number of ketones is 1. The van der Waals surface area contributed by atoms with Crippen LogP contribution in [0.1, 0.15) is 32.1 Å². The van der Waals surface area contributed by atoms with E-state index in [4.69, 9.17) is 0 Å². The molecule has 38 heavy (non-hydrogen) atoms. The molecule has 0 radical (unpaired) electrons. The highest BCUT2D eigenvalue weighted by Gasteiger charge is 2.51. The molecule has 1 aromatic rings. The molecule has 2 aliphatic heterocycles. The first-order valence-corrected chi connectivity index (χ1v) is 12.4. The number of anilines is 1. The van der Waals surface area contributed by atoms with Crippen molar-refractivity contribution in [3.05, 3.63) is 12.3 Å². The lowest BCUT2D eigenvalue weighted by Crippen LogP contribution is -2.55. The summed E-state index contributed by atoms with van der Waals surface area (Å²) in [6.07, 6.45) is -1.19. The number of fused-ring (bicyclic) bond motifs is 1. The predicted octanol–water partition coefficient (Wildman–Crippen LogP) is 0.102. The number of nitrogens with zero attached hydrogens (tertiary/aromatic N) is 3. The Kier molecular flexibility index (Phi) is 8.04. The van der Waals surface area contributed by atoms with Crippen molar-refractivity contribution in [3.8, 4) is 0 Å². The third kappa shape index (κ3) is 6.31. The molecule has 3 N–H and O–H groups in total. The standard InChI is InChI=1S/C23H29F3N6O6/c1-31-8-6-17(30-31)29-21(36)22(37)32-10-13-3-2-4-14(13)18(32)20(35)28-15(9-12-5-7-27-19(12)34)16(33)11-38-23(24,25)26/h6,8,12-15,18H,2-5,7,9-11H2,1H3,(H,27,34)(H,28,35)(H,29,30,36). The first-order chi connectivity index (χ1) is 17.9. The summed E-state index contributed by atoms with van der Waals surface area (Å²) in [4.78, 5) is 65.1. The Labute approximate surface area is 215 Å². The highest BCUT2D eigenvalue weighted by Crippen LogP contribution is 2.42. The summed E-state index contributed by atoms with van der Waals surface area (Å²) in [6.45, 7) is -0.843. The topological polar surface area (TPSA) is 152 Å². The molecule has 1 saturated carbocycles. The van der Waals surface area contributed by atoms with Crippen LogP contribution in [0.5, 0.6) is 0 Å². The lowest BCUT2D eigenvalue weighted by Gasteiger charge is -2.29. The molecule has 4 rings (SSSR count). The van der Waals surface area contributed by atoms with Crippen LogP contribution in [0, 0.1) is 17.8 Å². The molecule has 3 heterocycles. The largest absolute Gasteiger partial charge is 0.522 e. The van der Waals surface area contributed by atoms with Crippen LogP contribution in [0.2, 0.25) is 0 Å². The zero-order valence-electron chi connectivity index (χ0n) is 20.6. The molecular weight excluding hydrogens is 513 g/mol. The Bertz CT molecular complexity index is 1110. The van der Waals surface area contributed by atoms with Gasteiger partial charge in [0.15, 0.2) is 11.6 Å². The van der Waals surface area contributed by atoms with Gasteiger partial charge in [-0.25, -0.2) is 0 Å². The van der Waals surface area contributed by atoms with Crippen LogP contribution in [0.25, 0.3) is 0 Å². The van der Waals surface area contributed by atoms with Gasteiger partial charge in [-0.3, -0.25) is 33.4 Å². The van der Waals surface area contributed by atoms with Crippen LogP contribution in [-0.2, 0) is 35.8 Å². The Morgan fingerprint density at radius 1 is 1.24 bits per heavy atom. The maximum Gasteiger partial charge on any atom is 0.522 e. The molecule has 15 heteroatoms. The number of likely N-dealkylation sites (tertiary alicyclic amines) is 1. The average molecular weight is 543 g/mol. The second-order valence-electron chi connectivity index (χ2n) is 9.86. The summed E-state index contributed by atoms with van der Waals surface area (Å²) in [6, 6.07) is -1.05. The third-order valence-corrected chi connectivity index (χ3v) is 7.34. The van der Waals surface area contributed by atoms with Crippen molar-refractivity contribution in [2.75, 3.05) is 25.0 Å². The van der Waals surface area contributed by atoms with E-state index in [1.165, 1.54) is 10.7 Å². The van der Waals surface area contributed by atoms with E-state index in [1.807, 2.05) is 0 Å². The minimum Gasteiger partial charge on any atom is -0.356 e. The van der Waals surface area contributed by atoms with Crippen molar-refractivity contribution in [3.63, 3.8) is 0 Å². The number of aryl methyl sites for hydroxylation is 1. The maximum atomic E-state index is 13.5. The lowest BCUT2D eigenvalue weighted by molar-refractivity contribution is -0.321. The summed E-state index contributed by atoms with van der Waals surface area (Å²) >= 11 is 0. The Hall–Kier alpha value is -3.49. The second kappa shape index (κ2) is 11.1. The third-order valence-electron chi connectivity index (χ3n) is 7.34. The van der Waals surface area contributed by atoms with Crippen molar-refractivity contribution < 1.29 is 41.9 Å². The Morgan fingerprint density at radius 2 is 2.00 bits per heavy atom. The van der Waals surface area contributed by atoms with E-state index in [-0.39, 0.29) is 36.5 Å². The summed E-state index contributed by atoms with van der Waals surface area (Å²) in [5.74, 6) is -4.98. The molecule has 0 bridgehead atoms. The van der Waals surface area contributed by atoms with Gasteiger partial charge in [0.1, 0.15) is 12.6 Å². The molecule has 2 saturated heterocycles. The van der Waals surface area contributed by atoms with E-state index in [2.05, 4.69) is 25.8 Å². The van der Waals surface area contributed by atoms with Gasteiger partial charge in [-0.2, -0.15) is 5.10 Å². The monoisotopic (exact) mass is 542 g/mol. The molecule has 0 aromatic carbocycles. The zero-order chi connectivity index (χ0) is 27.6. The summed E-state index contributed by atoms with van der Waals surface area (Å²) in [5, 5.41) is 11.4. The highest BCUT2D eigenvalue weighted by molar-refractivity contribution is 6.39. The van der Waals surface area contributed by atoms with Crippen LogP contribution in [0.15, 0.2) is 12.3 Å². The van der Waals surface area contributed by atoms with E-state index < -0.39 is 54.5 Å². The molecule has 4 amide bonds. The van der Waals surface area contributed by atoms with Crippen LogP contribution in [-0.4, -0.2) is 82.2 Å². The Morgan fingerprint density at radius 3 is 2.63 bits per heavy atom. The van der Waals surface area contributed by atoms with E-state index in [9.17, 15) is 37.1 Å². The van der Waals surface area contributed by atoms with Crippen molar-refractivity contribution in [2.24, 2.45) is 24.8 Å². The molecule has 1 aliphatic carbocycles. The first kappa shape index (κ1) is 27.5. The smallest absolute Gasteiger partial charge is 0.356 e. The van der Waals surface area contributed by atoms with E-state index in [0.717, 1.165) is 17.7 Å². The number of Topliss-reactive ketones (excluding diaryl/α,β-unsaturated/α-hetero) is 1. The van der Waals surface area contributed by atoms with E-state index >= 15 is 0 Å².